The van der Waals surface area contributed by atoms with Gasteiger partial charge in [0.2, 0.25) is 0 Å². The molecule has 0 aromatic heterocycles. The monoisotopic (exact) mass is 152 g/mol. The minimum Gasteiger partial charge on any atom is -0.316 e. The maximum absolute atomic E-state index is 4.16. The molecule has 0 aromatic rings. The highest BCUT2D eigenvalue weighted by atomic mass is 14.8. The molecule has 0 aliphatic heterocycles. The molecule has 0 rings (SSSR count). The van der Waals surface area contributed by atoms with Gasteiger partial charge < -0.3 is 5.32 Å². The normalized spacial score (nSPS) is 13.4. The fourth-order valence-electron chi connectivity index (χ4n) is 0.589. The molecule has 0 heterocycles. The average molecular weight is 152 g/mol. The summed E-state index contributed by atoms with van der Waals surface area (Å²) >= 11 is 0. The summed E-state index contributed by atoms with van der Waals surface area (Å²) in [5.74, 6) is 0. The molecule has 0 radical (unpaired) electrons. The summed E-state index contributed by atoms with van der Waals surface area (Å²) < 4.78 is 0. The van der Waals surface area contributed by atoms with Crippen molar-refractivity contribution in [1.82, 2.24) is 5.32 Å². The van der Waals surface area contributed by atoms with Crippen LogP contribution in [0.5, 0.6) is 0 Å². The molecule has 2 heteroatoms. The maximum Gasteiger partial charge on any atom is 0.0366 e. The van der Waals surface area contributed by atoms with Gasteiger partial charge in [-0.05, 0) is 32.5 Å². The van der Waals surface area contributed by atoms with E-state index in [-0.39, 0.29) is 0 Å². The fraction of sp³-hybridized carbons (Fsp3) is 0.444. The zero-order chi connectivity index (χ0) is 8.69. The van der Waals surface area contributed by atoms with Gasteiger partial charge in [0.05, 0.1) is 0 Å². The van der Waals surface area contributed by atoms with E-state index in [1.54, 1.807) is 6.08 Å². The summed E-state index contributed by atoms with van der Waals surface area (Å²) in [7, 11) is 1.92. The van der Waals surface area contributed by atoms with Crippen molar-refractivity contribution < 1.29 is 0 Å². The predicted molar refractivity (Wildman–Crippen MR) is 51.0 cm³/mol. The van der Waals surface area contributed by atoms with Crippen LogP contribution in [-0.4, -0.2) is 19.3 Å². The second-order valence-corrected chi connectivity index (χ2v) is 2.48. The van der Waals surface area contributed by atoms with Gasteiger partial charge in [-0.1, -0.05) is 6.58 Å². The maximum atomic E-state index is 4.16. The first kappa shape index (κ1) is 10.1. The van der Waals surface area contributed by atoms with E-state index >= 15 is 0 Å². The van der Waals surface area contributed by atoms with Crippen LogP contribution in [-0.2, 0) is 0 Å². The van der Waals surface area contributed by atoms with E-state index in [0.29, 0.717) is 0 Å². The molecular formula is C9H16N2. The molecular weight excluding hydrogens is 136 g/mol. The summed E-state index contributed by atoms with van der Waals surface area (Å²) in [6, 6.07) is 0. The van der Waals surface area contributed by atoms with Crippen LogP contribution in [0, 0.1) is 0 Å². The summed E-state index contributed by atoms with van der Waals surface area (Å²) in [6.45, 7) is 8.46. The van der Waals surface area contributed by atoms with Gasteiger partial charge in [-0.15, -0.1) is 0 Å². The smallest absolute Gasteiger partial charge is 0.0366 e. The molecule has 0 bridgehead atoms. The van der Waals surface area contributed by atoms with E-state index in [1.165, 1.54) is 5.57 Å². The van der Waals surface area contributed by atoms with E-state index < -0.39 is 0 Å². The van der Waals surface area contributed by atoms with E-state index in [1.807, 2.05) is 27.1 Å². The van der Waals surface area contributed by atoms with Gasteiger partial charge >= 0.3 is 0 Å². The number of likely N-dealkylation sites (N-methyl/N-ethyl adjacent to an activating group) is 1. The van der Waals surface area contributed by atoms with Crippen molar-refractivity contribution in [3.05, 3.63) is 24.4 Å². The van der Waals surface area contributed by atoms with Crippen LogP contribution in [0.1, 0.15) is 13.8 Å². The Balaban J connectivity index is 3.99. The third-order valence-corrected chi connectivity index (χ3v) is 1.24. The van der Waals surface area contributed by atoms with Crippen molar-refractivity contribution in [2.75, 3.05) is 13.6 Å². The number of aliphatic imine (C=N–C) groups is 1. The molecule has 11 heavy (non-hydrogen) atoms. The van der Waals surface area contributed by atoms with Gasteiger partial charge in [0.1, 0.15) is 0 Å². The Morgan fingerprint density at radius 1 is 1.55 bits per heavy atom. The Bertz CT molecular complexity index is 178. The Morgan fingerprint density at radius 2 is 2.18 bits per heavy atom. The highest BCUT2D eigenvalue weighted by Crippen LogP contribution is 1.90. The lowest BCUT2D eigenvalue weighted by molar-refractivity contribution is 0.877. The molecule has 0 atom stereocenters. The summed E-state index contributed by atoms with van der Waals surface area (Å²) in [4.78, 5) is 4.16. The molecule has 0 saturated heterocycles. The highest BCUT2D eigenvalue weighted by Gasteiger charge is 1.83. The van der Waals surface area contributed by atoms with Crippen molar-refractivity contribution in [3.8, 4) is 0 Å². The molecule has 0 aliphatic rings. The number of nitrogens with zero attached hydrogens (tertiary/aromatic N) is 1. The summed E-state index contributed by atoms with van der Waals surface area (Å²) in [6.07, 6.45) is 3.59. The van der Waals surface area contributed by atoms with Crippen molar-refractivity contribution >= 4 is 5.71 Å². The van der Waals surface area contributed by atoms with Crippen LogP contribution in [0.2, 0.25) is 0 Å². The van der Waals surface area contributed by atoms with Gasteiger partial charge in [0.15, 0.2) is 0 Å². The Hall–Kier alpha value is -0.890. The molecule has 0 aromatic carbocycles. The quantitative estimate of drug-likeness (QED) is 0.610. The first-order valence-corrected chi connectivity index (χ1v) is 3.67. The van der Waals surface area contributed by atoms with Crippen LogP contribution in [0.3, 0.4) is 0 Å². The molecule has 2 nitrogen and oxygen atoms in total. The standard InChI is InChI=1S/C9H16N2/c1-5-9(3)11-7-8(2)6-10-4/h5,7,10H,1,6H2,2-4H3/b8-7+,11-9?. The first-order chi connectivity index (χ1) is 5.20. The van der Waals surface area contributed by atoms with E-state index in [9.17, 15) is 0 Å². The van der Waals surface area contributed by atoms with Gasteiger partial charge in [-0.3, -0.25) is 4.99 Å². The minimum absolute atomic E-state index is 0.883. The minimum atomic E-state index is 0.883. The molecule has 0 aliphatic carbocycles. The summed E-state index contributed by atoms with van der Waals surface area (Å²) in [5, 5.41) is 3.05. The zero-order valence-electron chi connectivity index (χ0n) is 7.52. The van der Waals surface area contributed by atoms with Crippen LogP contribution in [0.25, 0.3) is 0 Å². The number of rotatable bonds is 4. The van der Waals surface area contributed by atoms with Crippen LogP contribution < -0.4 is 5.32 Å². The number of hydrogen-bond acceptors (Lipinski definition) is 2. The fourth-order valence-corrected chi connectivity index (χ4v) is 0.589. The van der Waals surface area contributed by atoms with Gasteiger partial charge in [0, 0.05) is 18.5 Å². The van der Waals surface area contributed by atoms with Gasteiger partial charge in [-0.25, -0.2) is 0 Å². The Kier molecular flexibility index (Phi) is 5.39. The second-order valence-electron chi connectivity index (χ2n) is 2.48. The van der Waals surface area contributed by atoms with Gasteiger partial charge in [0.25, 0.3) is 0 Å². The Labute approximate surface area is 68.7 Å². The van der Waals surface area contributed by atoms with Crippen molar-refractivity contribution in [2.45, 2.75) is 13.8 Å². The zero-order valence-corrected chi connectivity index (χ0v) is 7.52. The van der Waals surface area contributed by atoms with Gasteiger partial charge in [-0.2, -0.15) is 0 Å². The molecule has 62 valence electrons. The van der Waals surface area contributed by atoms with Crippen molar-refractivity contribution in [3.63, 3.8) is 0 Å². The number of nitrogens with one attached hydrogen (secondary N) is 1. The third kappa shape index (κ3) is 5.55. The topological polar surface area (TPSA) is 24.4 Å². The lowest BCUT2D eigenvalue weighted by Gasteiger charge is -1.95. The van der Waals surface area contributed by atoms with E-state index in [2.05, 4.69) is 16.9 Å². The number of allylic oxidation sites excluding steroid dienone is 1. The van der Waals surface area contributed by atoms with Crippen molar-refractivity contribution in [1.29, 1.82) is 0 Å². The average Bonchev–Trinajstić information content (AvgIpc) is 2.01. The van der Waals surface area contributed by atoms with Crippen LogP contribution in [0.15, 0.2) is 29.4 Å². The highest BCUT2D eigenvalue weighted by molar-refractivity contribution is 5.92. The number of hydrogen-bond donors (Lipinski definition) is 1. The largest absolute Gasteiger partial charge is 0.316 e. The summed E-state index contributed by atoms with van der Waals surface area (Å²) in [5.41, 5.74) is 2.16. The second kappa shape index (κ2) is 5.86. The predicted octanol–water partition coefficient (Wildman–Crippen LogP) is 1.76. The third-order valence-electron chi connectivity index (χ3n) is 1.24. The molecule has 1 N–H and O–H groups in total. The molecule has 0 saturated carbocycles. The van der Waals surface area contributed by atoms with Crippen LogP contribution in [0.4, 0.5) is 0 Å². The molecule has 0 spiro atoms. The molecule has 0 fully saturated rings. The van der Waals surface area contributed by atoms with E-state index in [0.717, 1.165) is 12.3 Å². The molecule has 0 amide bonds. The van der Waals surface area contributed by atoms with E-state index in [4.69, 9.17) is 0 Å². The SMILES string of the molecule is C=CC(C)=N/C=C(\C)CNC. The lowest BCUT2D eigenvalue weighted by atomic mass is 10.3. The lowest BCUT2D eigenvalue weighted by Crippen LogP contribution is -2.08. The van der Waals surface area contributed by atoms with Crippen molar-refractivity contribution in [2.24, 2.45) is 4.99 Å². The Morgan fingerprint density at radius 3 is 2.64 bits per heavy atom. The first-order valence-electron chi connectivity index (χ1n) is 3.67. The van der Waals surface area contributed by atoms with Crippen LogP contribution >= 0.6 is 0 Å². The molecule has 0 unspecified atom stereocenters.